The van der Waals surface area contributed by atoms with Crippen LogP contribution in [0.3, 0.4) is 0 Å². The summed E-state index contributed by atoms with van der Waals surface area (Å²) in [6, 6.07) is 0.810. The fourth-order valence-electron chi connectivity index (χ4n) is 3.06. The van der Waals surface area contributed by atoms with Crippen molar-refractivity contribution < 1.29 is 8.42 Å². The Morgan fingerprint density at radius 3 is 2.44 bits per heavy atom. The van der Waals surface area contributed by atoms with E-state index in [9.17, 15) is 8.42 Å². The Kier molecular flexibility index (Phi) is 3.56. The summed E-state index contributed by atoms with van der Waals surface area (Å²) in [4.78, 5) is 2.40. The second-order valence-electron chi connectivity index (χ2n) is 5.01. The van der Waals surface area contributed by atoms with Crippen LogP contribution in [0.4, 0.5) is 0 Å². The molecule has 2 rings (SSSR count). The number of hydrogen-bond donors (Lipinski definition) is 1. The first-order valence-electron chi connectivity index (χ1n) is 6.19. The van der Waals surface area contributed by atoms with Gasteiger partial charge in [-0.1, -0.05) is 13.3 Å². The molecule has 0 aromatic carbocycles. The van der Waals surface area contributed by atoms with Crippen molar-refractivity contribution >= 4 is 9.84 Å². The van der Waals surface area contributed by atoms with Crippen molar-refractivity contribution in [1.29, 1.82) is 0 Å². The van der Waals surface area contributed by atoms with Crippen LogP contribution in [0.25, 0.3) is 0 Å². The highest BCUT2D eigenvalue weighted by molar-refractivity contribution is 7.91. The molecule has 1 aliphatic heterocycles. The van der Waals surface area contributed by atoms with Gasteiger partial charge in [0.1, 0.15) is 0 Å². The summed E-state index contributed by atoms with van der Waals surface area (Å²) in [6.07, 6.45) is 4.34. The standard InChI is InChI=1S/C11H22N2O2S/c1-3-13(9-7-12-8-9)10-5-4-6-11(10)16(2,14)15/h9-12H,3-8H2,1-2H3. The predicted molar refractivity (Wildman–Crippen MR) is 65.3 cm³/mol. The van der Waals surface area contributed by atoms with Crippen molar-refractivity contribution in [3.63, 3.8) is 0 Å². The molecular weight excluding hydrogens is 224 g/mol. The minimum Gasteiger partial charge on any atom is -0.314 e. The van der Waals surface area contributed by atoms with E-state index in [1.807, 2.05) is 0 Å². The first kappa shape index (κ1) is 12.3. The van der Waals surface area contributed by atoms with Gasteiger partial charge in [0.2, 0.25) is 0 Å². The molecule has 94 valence electrons. The van der Waals surface area contributed by atoms with Gasteiger partial charge in [0.15, 0.2) is 9.84 Å². The summed E-state index contributed by atoms with van der Waals surface area (Å²) in [6.45, 7) is 5.13. The van der Waals surface area contributed by atoms with Crippen molar-refractivity contribution in [2.75, 3.05) is 25.9 Å². The van der Waals surface area contributed by atoms with Crippen molar-refractivity contribution in [1.82, 2.24) is 10.2 Å². The van der Waals surface area contributed by atoms with E-state index < -0.39 is 9.84 Å². The first-order chi connectivity index (χ1) is 7.54. The Morgan fingerprint density at radius 1 is 1.31 bits per heavy atom. The third-order valence-electron chi connectivity index (χ3n) is 3.99. The van der Waals surface area contributed by atoms with Crippen LogP contribution in [0.15, 0.2) is 0 Å². The molecule has 0 aromatic rings. The first-order valence-corrected chi connectivity index (χ1v) is 8.15. The SMILES string of the molecule is CCN(C1CNC1)C1CCCC1S(C)(=O)=O. The van der Waals surface area contributed by atoms with Gasteiger partial charge in [-0.25, -0.2) is 8.42 Å². The molecule has 2 unspecified atom stereocenters. The van der Waals surface area contributed by atoms with Gasteiger partial charge in [-0.05, 0) is 19.4 Å². The third-order valence-corrected chi connectivity index (χ3v) is 5.64. The van der Waals surface area contributed by atoms with Crippen LogP contribution < -0.4 is 5.32 Å². The van der Waals surface area contributed by atoms with Crippen LogP contribution >= 0.6 is 0 Å². The predicted octanol–water partition coefficient (Wildman–Crippen LogP) is 0.246. The highest BCUT2D eigenvalue weighted by Gasteiger charge is 2.41. The van der Waals surface area contributed by atoms with E-state index >= 15 is 0 Å². The summed E-state index contributed by atoms with van der Waals surface area (Å²) in [5.74, 6) is 0. The molecule has 1 saturated heterocycles. The molecule has 1 saturated carbocycles. The van der Waals surface area contributed by atoms with Crippen LogP contribution in [0.2, 0.25) is 0 Å². The fourth-order valence-corrected chi connectivity index (χ4v) is 4.51. The number of rotatable bonds is 4. The maximum atomic E-state index is 11.8. The molecule has 1 aliphatic carbocycles. The molecule has 16 heavy (non-hydrogen) atoms. The molecule has 2 atom stereocenters. The lowest BCUT2D eigenvalue weighted by Crippen LogP contribution is -2.61. The van der Waals surface area contributed by atoms with Crippen molar-refractivity contribution in [3.8, 4) is 0 Å². The molecule has 0 amide bonds. The third kappa shape index (κ3) is 2.26. The molecule has 0 aromatic heterocycles. The molecule has 1 N–H and O–H groups in total. The van der Waals surface area contributed by atoms with Gasteiger partial charge in [-0.15, -0.1) is 0 Å². The Bertz CT molecular complexity index is 338. The van der Waals surface area contributed by atoms with Gasteiger partial charge in [0.25, 0.3) is 0 Å². The zero-order valence-corrected chi connectivity index (χ0v) is 11.0. The quantitative estimate of drug-likeness (QED) is 0.772. The summed E-state index contributed by atoms with van der Waals surface area (Å²) < 4.78 is 23.5. The fraction of sp³-hybridized carbons (Fsp3) is 1.00. The van der Waals surface area contributed by atoms with E-state index in [0.717, 1.165) is 38.9 Å². The van der Waals surface area contributed by atoms with Crippen LogP contribution in [0.5, 0.6) is 0 Å². The molecule has 0 bridgehead atoms. The maximum absolute atomic E-state index is 11.8. The summed E-state index contributed by atoms with van der Waals surface area (Å²) in [5, 5.41) is 3.13. The highest BCUT2D eigenvalue weighted by atomic mass is 32.2. The van der Waals surface area contributed by atoms with Gasteiger partial charge in [-0.2, -0.15) is 0 Å². The molecule has 4 nitrogen and oxygen atoms in total. The Hall–Kier alpha value is -0.130. The van der Waals surface area contributed by atoms with E-state index in [1.165, 1.54) is 6.26 Å². The number of likely N-dealkylation sites (N-methyl/N-ethyl adjacent to an activating group) is 1. The minimum atomic E-state index is -2.89. The van der Waals surface area contributed by atoms with E-state index in [4.69, 9.17) is 0 Å². The van der Waals surface area contributed by atoms with Gasteiger partial charge < -0.3 is 5.32 Å². The summed E-state index contributed by atoms with van der Waals surface area (Å²) in [5.41, 5.74) is 0. The highest BCUT2D eigenvalue weighted by Crippen LogP contribution is 2.30. The number of sulfone groups is 1. The van der Waals surface area contributed by atoms with Crippen molar-refractivity contribution in [2.24, 2.45) is 0 Å². The van der Waals surface area contributed by atoms with Crippen molar-refractivity contribution in [3.05, 3.63) is 0 Å². The monoisotopic (exact) mass is 246 g/mol. The normalized spacial score (nSPS) is 31.9. The van der Waals surface area contributed by atoms with Crippen LogP contribution in [0.1, 0.15) is 26.2 Å². The van der Waals surface area contributed by atoms with Crippen molar-refractivity contribution in [2.45, 2.75) is 43.5 Å². The molecule has 2 aliphatic rings. The van der Waals surface area contributed by atoms with Crippen LogP contribution in [-0.2, 0) is 9.84 Å². The molecule has 0 spiro atoms. The van der Waals surface area contributed by atoms with Crippen LogP contribution in [0, 0.1) is 0 Å². The number of nitrogens with zero attached hydrogens (tertiary/aromatic N) is 1. The lowest BCUT2D eigenvalue weighted by atomic mass is 10.1. The molecule has 2 fully saturated rings. The Morgan fingerprint density at radius 2 is 2.00 bits per heavy atom. The molecular formula is C11H22N2O2S. The Labute approximate surface area is 98.3 Å². The second-order valence-corrected chi connectivity index (χ2v) is 7.27. The largest absolute Gasteiger partial charge is 0.314 e. The van der Waals surface area contributed by atoms with E-state index in [0.29, 0.717) is 6.04 Å². The van der Waals surface area contributed by atoms with Gasteiger partial charge >= 0.3 is 0 Å². The topological polar surface area (TPSA) is 49.4 Å². The lowest BCUT2D eigenvalue weighted by molar-refractivity contribution is 0.105. The lowest BCUT2D eigenvalue weighted by Gasteiger charge is -2.42. The molecule has 0 radical (unpaired) electrons. The van der Waals surface area contributed by atoms with Crippen LogP contribution in [-0.4, -0.2) is 56.5 Å². The average molecular weight is 246 g/mol. The number of hydrogen-bond acceptors (Lipinski definition) is 4. The zero-order valence-electron chi connectivity index (χ0n) is 10.1. The van der Waals surface area contributed by atoms with E-state index in [2.05, 4.69) is 17.1 Å². The molecule has 1 heterocycles. The van der Waals surface area contributed by atoms with E-state index in [1.54, 1.807) is 0 Å². The zero-order chi connectivity index (χ0) is 11.8. The maximum Gasteiger partial charge on any atom is 0.151 e. The van der Waals surface area contributed by atoms with Gasteiger partial charge in [-0.3, -0.25) is 4.90 Å². The van der Waals surface area contributed by atoms with Gasteiger partial charge in [0, 0.05) is 31.4 Å². The smallest absolute Gasteiger partial charge is 0.151 e. The minimum absolute atomic E-state index is 0.131. The Balaban J connectivity index is 2.11. The summed E-state index contributed by atoms with van der Waals surface area (Å²) >= 11 is 0. The van der Waals surface area contributed by atoms with Gasteiger partial charge in [0.05, 0.1) is 5.25 Å². The summed E-state index contributed by atoms with van der Waals surface area (Å²) in [7, 11) is -2.89. The second kappa shape index (κ2) is 4.63. The average Bonchev–Trinajstić information content (AvgIpc) is 2.57. The number of nitrogens with one attached hydrogen (secondary N) is 1. The van der Waals surface area contributed by atoms with E-state index in [-0.39, 0.29) is 11.3 Å². The molecule has 5 heteroatoms.